The van der Waals surface area contributed by atoms with Crippen molar-refractivity contribution in [1.82, 2.24) is 5.32 Å². The monoisotopic (exact) mass is 398 g/mol. The summed E-state index contributed by atoms with van der Waals surface area (Å²) in [4.78, 5) is 14.3. The first-order valence-corrected chi connectivity index (χ1v) is 9.53. The van der Waals surface area contributed by atoms with Crippen LogP contribution in [0.4, 0.5) is 5.69 Å². The molecule has 0 unspecified atom stereocenters. The van der Waals surface area contributed by atoms with Gasteiger partial charge in [0.1, 0.15) is 11.5 Å². The Bertz CT molecular complexity index is 922. The van der Waals surface area contributed by atoms with E-state index in [1.165, 1.54) is 0 Å². The molecule has 6 heteroatoms. The van der Waals surface area contributed by atoms with Crippen LogP contribution in [0.1, 0.15) is 18.2 Å². The molecule has 0 fully saturated rings. The third-order valence-corrected chi connectivity index (χ3v) is 4.68. The Morgan fingerprint density at radius 1 is 1.14 bits per heavy atom. The Morgan fingerprint density at radius 3 is 2.64 bits per heavy atom. The van der Waals surface area contributed by atoms with E-state index in [9.17, 15) is 9.90 Å². The SMILES string of the molecule is CCN(CC(=O)NCc1ccc(-c2ccc(Cl)cc2)o1)c1cccc(CO)c1. The number of anilines is 1. The van der Waals surface area contributed by atoms with E-state index < -0.39 is 0 Å². The molecule has 1 aromatic heterocycles. The number of halogens is 1. The minimum Gasteiger partial charge on any atom is -0.459 e. The Kier molecular flexibility index (Phi) is 6.74. The number of aliphatic hydroxyl groups excluding tert-OH is 1. The van der Waals surface area contributed by atoms with Crippen LogP contribution in [-0.2, 0) is 17.9 Å². The highest BCUT2D eigenvalue weighted by Crippen LogP contribution is 2.23. The molecule has 1 heterocycles. The van der Waals surface area contributed by atoms with Crippen molar-refractivity contribution in [2.75, 3.05) is 18.0 Å². The first-order chi connectivity index (χ1) is 13.6. The van der Waals surface area contributed by atoms with Gasteiger partial charge in [0.25, 0.3) is 0 Å². The fourth-order valence-corrected chi connectivity index (χ4v) is 3.02. The standard InChI is InChI=1S/C22H23ClN2O3/c1-2-25(19-5-3-4-16(12-19)15-26)14-22(27)24-13-20-10-11-21(28-20)17-6-8-18(23)9-7-17/h3-12,26H,2,13-15H2,1H3,(H,24,27). The third-order valence-electron chi connectivity index (χ3n) is 4.42. The van der Waals surface area contributed by atoms with Gasteiger partial charge >= 0.3 is 0 Å². The predicted octanol–water partition coefficient (Wildman–Crippen LogP) is 4.24. The van der Waals surface area contributed by atoms with Gasteiger partial charge in [-0.1, -0.05) is 23.7 Å². The second kappa shape index (κ2) is 9.44. The van der Waals surface area contributed by atoms with Crippen molar-refractivity contribution in [3.8, 4) is 11.3 Å². The Balaban J connectivity index is 1.57. The van der Waals surface area contributed by atoms with Crippen LogP contribution < -0.4 is 10.2 Å². The summed E-state index contributed by atoms with van der Waals surface area (Å²) in [7, 11) is 0. The van der Waals surface area contributed by atoms with E-state index in [-0.39, 0.29) is 19.1 Å². The summed E-state index contributed by atoms with van der Waals surface area (Å²) in [6.07, 6.45) is 0. The van der Waals surface area contributed by atoms with Crippen LogP contribution in [0.15, 0.2) is 65.1 Å². The summed E-state index contributed by atoms with van der Waals surface area (Å²) < 4.78 is 5.81. The molecule has 0 aliphatic carbocycles. The normalized spacial score (nSPS) is 10.7. The maximum Gasteiger partial charge on any atom is 0.239 e. The number of aliphatic hydroxyl groups is 1. The average Bonchev–Trinajstić information content (AvgIpc) is 3.20. The number of benzene rings is 2. The van der Waals surface area contributed by atoms with Crippen LogP contribution in [0.5, 0.6) is 0 Å². The van der Waals surface area contributed by atoms with Crippen LogP contribution in [0.3, 0.4) is 0 Å². The zero-order valence-electron chi connectivity index (χ0n) is 15.7. The summed E-state index contributed by atoms with van der Waals surface area (Å²) >= 11 is 5.91. The average molecular weight is 399 g/mol. The molecule has 5 nitrogen and oxygen atoms in total. The highest BCUT2D eigenvalue weighted by Gasteiger charge is 2.12. The molecule has 2 aromatic carbocycles. The predicted molar refractivity (Wildman–Crippen MR) is 111 cm³/mol. The maximum absolute atomic E-state index is 12.4. The lowest BCUT2D eigenvalue weighted by Crippen LogP contribution is -2.36. The van der Waals surface area contributed by atoms with Crippen LogP contribution in [0.25, 0.3) is 11.3 Å². The summed E-state index contributed by atoms with van der Waals surface area (Å²) in [6, 6.07) is 18.7. The van der Waals surface area contributed by atoms with E-state index in [1.807, 2.05) is 72.5 Å². The summed E-state index contributed by atoms with van der Waals surface area (Å²) in [5.74, 6) is 1.32. The lowest BCUT2D eigenvalue weighted by Gasteiger charge is -2.23. The quantitative estimate of drug-likeness (QED) is 0.595. The highest BCUT2D eigenvalue weighted by molar-refractivity contribution is 6.30. The van der Waals surface area contributed by atoms with Gasteiger partial charge in [-0.2, -0.15) is 0 Å². The van der Waals surface area contributed by atoms with E-state index in [4.69, 9.17) is 16.0 Å². The number of likely N-dealkylation sites (N-methyl/N-ethyl adjacent to an activating group) is 1. The molecule has 0 spiro atoms. The number of nitrogens with zero attached hydrogens (tertiary/aromatic N) is 1. The van der Waals surface area contributed by atoms with Gasteiger partial charge in [0.15, 0.2) is 0 Å². The van der Waals surface area contributed by atoms with Gasteiger partial charge in [-0.3, -0.25) is 4.79 Å². The second-order valence-electron chi connectivity index (χ2n) is 6.39. The molecule has 0 bridgehead atoms. The number of hydrogen-bond donors (Lipinski definition) is 2. The maximum atomic E-state index is 12.4. The van der Waals surface area contributed by atoms with Crippen molar-refractivity contribution >= 4 is 23.2 Å². The van der Waals surface area contributed by atoms with Crippen LogP contribution in [0.2, 0.25) is 5.02 Å². The zero-order chi connectivity index (χ0) is 19.9. The number of carbonyl (C=O) groups excluding carboxylic acids is 1. The van der Waals surface area contributed by atoms with Gasteiger partial charge in [-0.05, 0) is 61.0 Å². The number of furan rings is 1. The van der Waals surface area contributed by atoms with Crippen molar-refractivity contribution in [3.05, 3.63) is 77.0 Å². The zero-order valence-corrected chi connectivity index (χ0v) is 16.4. The van der Waals surface area contributed by atoms with Gasteiger partial charge in [0, 0.05) is 22.8 Å². The third kappa shape index (κ3) is 5.15. The molecule has 3 aromatic rings. The molecule has 1 amide bonds. The molecule has 0 saturated heterocycles. The molecule has 0 saturated carbocycles. The number of carbonyl (C=O) groups is 1. The molecule has 146 valence electrons. The van der Waals surface area contributed by atoms with Gasteiger partial charge in [0.05, 0.1) is 19.7 Å². The minimum absolute atomic E-state index is 0.0218. The van der Waals surface area contributed by atoms with Gasteiger partial charge in [0.2, 0.25) is 5.91 Å². The van der Waals surface area contributed by atoms with Gasteiger partial charge in [-0.25, -0.2) is 0 Å². The lowest BCUT2D eigenvalue weighted by molar-refractivity contribution is -0.120. The lowest BCUT2D eigenvalue weighted by atomic mass is 10.2. The smallest absolute Gasteiger partial charge is 0.239 e. The molecule has 28 heavy (non-hydrogen) atoms. The van der Waals surface area contributed by atoms with Crippen molar-refractivity contribution < 1.29 is 14.3 Å². The molecule has 0 radical (unpaired) electrons. The molecule has 0 atom stereocenters. The van der Waals surface area contributed by atoms with E-state index in [1.54, 1.807) is 0 Å². The van der Waals surface area contributed by atoms with Crippen molar-refractivity contribution in [2.24, 2.45) is 0 Å². The van der Waals surface area contributed by atoms with Crippen LogP contribution in [0, 0.1) is 0 Å². The summed E-state index contributed by atoms with van der Waals surface area (Å²) in [5, 5.41) is 12.9. The number of nitrogens with one attached hydrogen (secondary N) is 1. The van der Waals surface area contributed by atoms with E-state index >= 15 is 0 Å². The summed E-state index contributed by atoms with van der Waals surface area (Å²) in [5.41, 5.74) is 2.66. The van der Waals surface area contributed by atoms with Gasteiger partial charge in [-0.15, -0.1) is 0 Å². The first kappa shape index (κ1) is 20.0. The van der Waals surface area contributed by atoms with Gasteiger partial charge < -0.3 is 19.7 Å². The van der Waals surface area contributed by atoms with Crippen LogP contribution in [-0.4, -0.2) is 24.1 Å². The number of hydrogen-bond acceptors (Lipinski definition) is 4. The van der Waals surface area contributed by atoms with E-state index in [0.29, 0.717) is 23.9 Å². The van der Waals surface area contributed by atoms with Crippen molar-refractivity contribution in [2.45, 2.75) is 20.1 Å². The highest BCUT2D eigenvalue weighted by atomic mass is 35.5. The summed E-state index contributed by atoms with van der Waals surface area (Å²) in [6.45, 7) is 3.20. The molecular weight excluding hydrogens is 376 g/mol. The topological polar surface area (TPSA) is 65.7 Å². The number of amides is 1. The second-order valence-corrected chi connectivity index (χ2v) is 6.83. The van der Waals surface area contributed by atoms with Crippen molar-refractivity contribution in [1.29, 1.82) is 0 Å². The van der Waals surface area contributed by atoms with Crippen molar-refractivity contribution in [3.63, 3.8) is 0 Å². The van der Waals surface area contributed by atoms with Crippen LogP contribution >= 0.6 is 11.6 Å². The molecular formula is C22H23ClN2O3. The van der Waals surface area contributed by atoms with E-state index in [0.717, 1.165) is 22.6 Å². The molecule has 0 aliphatic heterocycles. The Hall–Kier alpha value is -2.76. The molecule has 0 aliphatic rings. The minimum atomic E-state index is -0.0966. The first-order valence-electron chi connectivity index (χ1n) is 9.15. The fourth-order valence-electron chi connectivity index (χ4n) is 2.89. The Morgan fingerprint density at radius 2 is 1.93 bits per heavy atom. The number of rotatable bonds is 8. The fraction of sp³-hybridized carbons (Fsp3) is 0.227. The molecule has 3 rings (SSSR count). The Labute approximate surface area is 169 Å². The van der Waals surface area contributed by atoms with E-state index in [2.05, 4.69) is 5.32 Å². The molecule has 2 N–H and O–H groups in total. The largest absolute Gasteiger partial charge is 0.459 e.